The molecule has 108 valence electrons. The Kier molecular flexibility index (Phi) is 4.74. The molecule has 0 amide bonds. The number of hydrogen-bond donors (Lipinski definition) is 1. The summed E-state index contributed by atoms with van der Waals surface area (Å²) >= 11 is 0. The van der Waals surface area contributed by atoms with Crippen molar-refractivity contribution in [2.75, 3.05) is 13.7 Å². The van der Waals surface area contributed by atoms with Crippen LogP contribution < -0.4 is 10.1 Å². The molecule has 1 N–H and O–H groups in total. The fraction of sp³-hybridized carbons (Fsp3) is 0.400. The number of ether oxygens (including phenoxy) is 1. The van der Waals surface area contributed by atoms with Crippen molar-refractivity contribution < 1.29 is 9.13 Å². The number of methoxy groups -OCH3 is 1. The third-order valence-electron chi connectivity index (χ3n) is 3.26. The van der Waals surface area contributed by atoms with E-state index in [2.05, 4.69) is 17.3 Å². The Hall–Kier alpha value is -1.88. The third-order valence-corrected chi connectivity index (χ3v) is 3.26. The topological polar surface area (TPSA) is 39.1 Å². The average Bonchev–Trinajstić information content (AvgIpc) is 2.86. The molecule has 0 spiro atoms. The monoisotopic (exact) mass is 277 g/mol. The molecule has 0 saturated carbocycles. The number of halogens is 1. The van der Waals surface area contributed by atoms with Gasteiger partial charge in [-0.3, -0.25) is 4.68 Å². The Labute approximate surface area is 118 Å². The average molecular weight is 277 g/mol. The van der Waals surface area contributed by atoms with Gasteiger partial charge in [-0.15, -0.1) is 0 Å². The number of aryl methyl sites for hydroxylation is 1. The number of nitrogens with one attached hydrogen (secondary N) is 1. The predicted molar refractivity (Wildman–Crippen MR) is 76.3 cm³/mol. The molecule has 0 aliphatic heterocycles. The lowest BCUT2D eigenvalue weighted by atomic mass is 10.0. The number of aromatic nitrogens is 2. The molecular formula is C15H20FN3O. The molecule has 5 heteroatoms. The Morgan fingerprint density at radius 3 is 2.75 bits per heavy atom. The summed E-state index contributed by atoms with van der Waals surface area (Å²) in [4.78, 5) is 0. The first kappa shape index (κ1) is 14.5. The van der Waals surface area contributed by atoms with Gasteiger partial charge in [0.05, 0.1) is 18.8 Å². The Bertz CT molecular complexity index is 568. The number of hydrogen-bond acceptors (Lipinski definition) is 3. The van der Waals surface area contributed by atoms with Gasteiger partial charge in [0.2, 0.25) is 0 Å². The van der Waals surface area contributed by atoms with E-state index in [1.54, 1.807) is 16.9 Å². The van der Waals surface area contributed by atoms with Crippen LogP contribution in [-0.2, 0) is 7.05 Å². The van der Waals surface area contributed by atoms with Crippen LogP contribution in [0.25, 0.3) is 0 Å². The van der Waals surface area contributed by atoms with E-state index in [9.17, 15) is 4.39 Å². The highest BCUT2D eigenvalue weighted by atomic mass is 19.1. The third kappa shape index (κ3) is 2.99. The van der Waals surface area contributed by atoms with Gasteiger partial charge >= 0.3 is 0 Å². The molecule has 0 aliphatic carbocycles. The first-order valence-corrected chi connectivity index (χ1v) is 6.72. The van der Waals surface area contributed by atoms with Gasteiger partial charge in [-0.05, 0) is 36.7 Å². The fourth-order valence-electron chi connectivity index (χ4n) is 2.21. The maximum Gasteiger partial charge on any atom is 0.165 e. The smallest absolute Gasteiger partial charge is 0.165 e. The largest absolute Gasteiger partial charge is 0.494 e. The van der Waals surface area contributed by atoms with Gasteiger partial charge < -0.3 is 10.1 Å². The molecule has 0 aliphatic rings. The Morgan fingerprint density at radius 1 is 1.40 bits per heavy atom. The lowest BCUT2D eigenvalue weighted by molar-refractivity contribution is 0.385. The van der Waals surface area contributed by atoms with Crippen LogP contribution in [-0.4, -0.2) is 23.4 Å². The van der Waals surface area contributed by atoms with Crippen molar-refractivity contribution in [3.8, 4) is 5.75 Å². The molecule has 4 nitrogen and oxygen atoms in total. The van der Waals surface area contributed by atoms with Crippen molar-refractivity contribution in [1.29, 1.82) is 0 Å². The summed E-state index contributed by atoms with van der Waals surface area (Å²) in [6, 6.07) is 6.90. The van der Waals surface area contributed by atoms with E-state index in [1.165, 1.54) is 13.2 Å². The molecule has 1 heterocycles. The summed E-state index contributed by atoms with van der Waals surface area (Å²) in [6.07, 6.45) is 2.75. The van der Waals surface area contributed by atoms with E-state index in [-0.39, 0.29) is 17.6 Å². The Balaban J connectivity index is 2.36. The molecule has 0 fully saturated rings. The van der Waals surface area contributed by atoms with Crippen molar-refractivity contribution >= 4 is 0 Å². The molecule has 0 radical (unpaired) electrons. The molecule has 1 atom stereocenters. The van der Waals surface area contributed by atoms with Crippen molar-refractivity contribution in [2.45, 2.75) is 19.4 Å². The summed E-state index contributed by atoms with van der Waals surface area (Å²) < 4.78 is 20.7. The van der Waals surface area contributed by atoms with E-state index in [0.29, 0.717) is 0 Å². The maximum absolute atomic E-state index is 13.9. The van der Waals surface area contributed by atoms with Crippen molar-refractivity contribution in [2.24, 2.45) is 7.05 Å². The molecule has 1 aromatic heterocycles. The van der Waals surface area contributed by atoms with Gasteiger partial charge in [-0.25, -0.2) is 4.39 Å². The highest BCUT2D eigenvalue weighted by Gasteiger charge is 2.18. The van der Waals surface area contributed by atoms with Gasteiger partial charge in [0.15, 0.2) is 11.6 Å². The van der Waals surface area contributed by atoms with E-state index in [1.807, 2.05) is 19.2 Å². The van der Waals surface area contributed by atoms with Crippen LogP contribution in [0.3, 0.4) is 0 Å². The molecule has 1 unspecified atom stereocenters. The zero-order valence-electron chi connectivity index (χ0n) is 12.1. The minimum absolute atomic E-state index is 0.0807. The van der Waals surface area contributed by atoms with Crippen LogP contribution in [0.4, 0.5) is 4.39 Å². The zero-order chi connectivity index (χ0) is 14.5. The quantitative estimate of drug-likeness (QED) is 0.882. The van der Waals surface area contributed by atoms with E-state index in [4.69, 9.17) is 4.74 Å². The molecule has 2 rings (SSSR count). The van der Waals surface area contributed by atoms with Gasteiger partial charge in [-0.1, -0.05) is 13.0 Å². The minimum Gasteiger partial charge on any atom is -0.494 e. The molecule has 1 aromatic carbocycles. The van der Waals surface area contributed by atoms with Gasteiger partial charge in [0.25, 0.3) is 0 Å². The summed E-state index contributed by atoms with van der Waals surface area (Å²) in [5, 5.41) is 7.61. The second-order valence-corrected chi connectivity index (χ2v) is 4.66. The summed E-state index contributed by atoms with van der Waals surface area (Å²) in [7, 11) is 3.35. The number of nitrogens with zero attached hydrogens (tertiary/aromatic N) is 2. The van der Waals surface area contributed by atoms with Gasteiger partial charge in [0.1, 0.15) is 0 Å². The Morgan fingerprint density at radius 2 is 2.20 bits per heavy atom. The number of benzene rings is 1. The van der Waals surface area contributed by atoms with Crippen LogP contribution in [0.15, 0.2) is 30.5 Å². The maximum atomic E-state index is 13.9. The van der Waals surface area contributed by atoms with E-state index < -0.39 is 0 Å². The second-order valence-electron chi connectivity index (χ2n) is 4.66. The van der Waals surface area contributed by atoms with Crippen LogP contribution >= 0.6 is 0 Å². The summed E-state index contributed by atoms with van der Waals surface area (Å²) in [5.74, 6) is -0.0940. The standard InChI is InChI=1S/C15H20FN3O/c1-4-8-17-15(13-7-9-18-19(13)2)11-5-6-14(20-3)12(16)10-11/h5-7,9-10,15,17H,4,8H2,1-3H3. The van der Waals surface area contributed by atoms with Crippen LogP contribution in [0, 0.1) is 5.82 Å². The van der Waals surface area contributed by atoms with E-state index in [0.717, 1.165) is 24.2 Å². The van der Waals surface area contributed by atoms with E-state index >= 15 is 0 Å². The molecule has 0 saturated heterocycles. The molecule has 0 bridgehead atoms. The van der Waals surface area contributed by atoms with Gasteiger partial charge in [-0.2, -0.15) is 5.10 Å². The van der Waals surface area contributed by atoms with Crippen LogP contribution in [0.1, 0.15) is 30.6 Å². The fourth-order valence-corrected chi connectivity index (χ4v) is 2.21. The summed E-state index contributed by atoms with van der Waals surface area (Å²) in [5.41, 5.74) is 1.86. The second kappa shape index (κ2) is 6.52. The van der Waals surface area contributed by atoms with Crippen LogP contribution in [0.5, 0.6) is 5.75 Å². The lowest BCUT2D eigenvalue weighted by Crippen LogP contribution is -2.25. The van der Waals surface area contributed by atoms with Crippen molar-refractivity contribution in [3.63, 3.8) is 0 Å². The molecule has 2 aromatic rings. The minimum atomic E-state index is -0.351. The SMILES string of the molecule is CCCNC(c1ccc(OC)c(F)c1)c1ccnn1C. The van der Waals surface area contributed by atoms with Crippen LogP contribution in [0.2, 0.25) is 0 Å². The predicted octanol–water partition coefficient (Wildman–Crippen LogP) is 2.66. The number of rotatable bonds is 6. The molecular weight excluding hydrogens is 257 g/mol. The first-order chi connectivity index (χ1) is 9.67. The summed E-state index contributed by atoms with van der Waals surface area (Å²) in [6.45, 7) is 2.95. The zero-order valence-corrected chi connectivity index (χ0v) is 12.1. The van der Waals surface area contributed by atoms with Gasteiger partial charge in [0, 0.05) is 13.2 Å². The van der Waals surface area contributed by atoms with Crippen molar-refractivity contribution in [1.82, 2.24) is 15.1 Å². The molecule has 20 heavy (non-hydrogen) atoms. The van der Waals surface area contributed by atoms with Crippen molar-refractivity contribution in [3.05, 3.63) is 47.5 Å². The normalized spacial score (nSPS) is 12.4. The lowest BCUT2D eigenvalue weighted by Gasteiger charge is -2.20. The highest BCUT2D eigenvalue weighted by molar-refractivity contribution is 5.34. The highest BCUT2D eigenvalue weighted by Crippen LogP contribution is 2.26. The first-order valence-electron chi connectivity index (χ1n) is 6.72.